The minimum atomic E-state index is -1.23. The average molecular weight is 577 g/mol. The lowest BCUT2D eigenvalue weighted by molar-refractivity contribution is -0.143. The number of carbonyl (C=O) groups is 6. The van der Waals surface area contributed by atoms with E-state index in [1.165, 1.54) is 9.80 Å². The number of carbonyl (C=O) groups excluding carboxylic acids is 1. The zero-order valence-corrected chi connectivity index (χ0v) is 23.0. The van der Waals surface area contributed by atoms with Gasteiger partial charge in [0, 0.05) is 39.1 Å². The average Bonchev–Trinajstić information content (AvgIpc) is 2.82. The van der Waals surface area contributed by atoms with Gasteiger partial charge < -0.3 is 30.8 Å². The summed E-state index contributed by atoms with van der Waals surface area (Å²) in [5.41, 5.74) is 0. The molecule has 0 bridgehead atoms. The molecule has 230 valence electrons. The van der Waals surface area contributed by atoms with Crippen molar-refractivity contribution in [3.05, 3.63) is 0 Å². The van der Waals surface area contributed by atoms with Crippen LogP contribution in [0, 0.1) is 0 Å². The molecule has 0 saturated carbocycles. The molecule has 1 amide bonds. The molecule has 6 N–H and O–H groups in total. The highest BCUT2D eigenvalue weighted by atomic mass is 16.4. The Kier molecular flexibility index (Phi) is 20.7. The van der Waals surface area contributed by atoms with Crippen molar-refractivity contribution in [1.29, 1.82) is 0 Å². The number of hydrogen-bond donors (Lipinski definition) is 6. The van der Waals surface area contributed by atoms with Crippen molar-refractivity contribution in [3.8, 4) is 0 Å². The fourth-order valence-corrected chi connectivity index (χ4v) is 3.98. The molecule has 0 fully saturated rings. The Bertz CT molecular complexity index is 794. The van der Waals surface area contributed by atoms with E-state index in [2.05, 4.69) is 5.32 Å². The topological polar surface area (TPSA) is 225 Å². The molecule has 0 atom stereocenters. The number of amides is 1. The molecule has 0 unspecified atom stereocenters. The molecular weight excluding hydrogens is 532 g/mol. The van der Waals surface area contributed by atoms with Crippen molar-refractivity contribution < 1.29 is 54.3 Å². The second kappa shape index (κ2) is 22.5. The predicted octanol–water partition coefficient (Wildman–Crippen LogP) is -0.0575. The lowest BCUT2D eigenvalue weighted by Gasteiger charge is -2.27. The zero-order valence-electron chi connectivity index (χ0n) is 23.0. The van der Waals surface area contributed by atoms with Crippen molar-refractivity contribution >= 4 is 35.8 Å². The number of rotatable bonds is 27. The van der Waals surface area contributed by atoms with E-state index in [4.69, 9.17) is 15.3 Å². The quantitative estimate of drug-likeness (QED) is 0.0705. The first-order valence-corrected chi connectivity index (χ1v) is 13.4. The summed E-state index contributed by atoms with van der Waals surface area (Å²) < 4.78 is 0. The number of nitrogens with one attached hydrogen (secondary N) is 1. The summed E-state index contributed by atoms with van der Waals surface area (Å²) in [7, 11) is 0. The summed E-state index contributed by atoms with van der Waals surface area (Å²) in [5.74, 6) is -5.91. The molecule has 0 aliphatic carbocycles. The summed E-state index contributed by atoms with van der Waals surface area (Å²) in [6.07, 6.45) is 7.53. The fraction of sp³-hybridized carbons (Fsp3) is 0.760. The number of nitrogens with zero attached hydrogens (tertiary/aromatic N) is 3. The first-order chi connectivity index (χ1) is 18.9. The Morgan fingerprint density at radius 3 is 1.20 bits per heavy atom. The molecule has 0 aromatic heterocycles. The van der Waals surface area contributed by atoms with Gasteiger partial charge in [-0.05, 0) is 12.8 Å². The number of carboxylic acid groups (broad SMARTS) is 5. The first kappa shape index (κ1) is 36.7. The van der Waals surface area contributed by atoms with Gasteiger partial charge in [-0.3, -0.25) is 43.5 Å². The fourth-order valence-electron chi connectivity index (χ4n) is 3.98. The minimum absolute atomic E-state index is 0.0301. The Balaban J connectivity index is 4.52. The first-order valence-electron chi connectivity index (χ1n) is 13.4. The van der Waals surface area contributed by atoms with E-state index in [1.54, 1.807) is 0 Å². The monoisotopic (exact) mass is 576 g/mol. The van der Waals surface area contributed by atoms with E-state index in [-0.39, 0.29) is 45.1 Å². The van der Waals surface area contributed by atoms with Gasteiger partial charge in [0.25, 0.3) is 0 Å². The largest absolute Gasteiger partial charge is 0.481 e. The lowest BCUT2D eigenvalue weighted by Crippen LogP contribution is -2.46. The van der Waals surface area contributed by atoms with E-state index in [0.29, 0.717) is 13.0 Å². The van der Waals surface area contributed by atoms with Gasteiger partial charge in [-0.25, -0.2) is 0 Å². The van der Waals surface area contributed by atoms with Crippen molar-refractivity contribution in [1.82, 2.24) is 20.0 Å². The molecule has 0 heterocycles. The van der Waals surface area contributed by atoms with Gasteiger partial charge in [-0.15, -0.1) is 0 Å². The maximum atomic E-state index is 12.3. The number of carboxylic acids is 5. The number of aliphatic carboxylic acids is 5. The summed E-state index contributed by atoms with van der Waals surface area (Å²) in [6, 6.07) is 0. The van der Waals surface area contributed by atoms with E-state index in [1.807, 2.05) is 0 Å². The van der Waals surface area contributed by atoms with Gasteiger partial charge in [0.2, 0.25) is 5.91 Å². The van der Waals surface area contributed by atoms with E-state index < -0.39 is 56.0 Å². The third-order valence-corrected chi connectivity index (χ3v) is 5.91. The standard InChI is InChI=1S/C25H44N4O11/c30-20(26-10-8-6-4-2-1-3-5-7-9-21(31)32)15-28(17-23(35)36)13-11-27(16-22(33)34)12-14-29(18-24(37)38)19-25(39)40/h1-19H2,(H,26,30)(H,31,32)(H,33,34)(H,35,36)(H,37,38)(H,39,40). The second-order valence-electron chi connectivity index (χ2n) is 9.59. The maximum absolute atomic E-state index is 12.3. The van der Waals surface area contributed by atoms with Gasteiger partial charge >= 0.3 is 29.8 Å². The van der Waals surface area contributed by atoms with Crippen LogP contribution >= 0.6 is 0 Å². The summed E-state index contributed by atoms with van der Waals surface area (Å²) in [5, 5.41) is 47.7. The summed E-state index contributed by atoms with van der Waals surface area (Å²) in [6.45, 7) is -1.58. The normalized spacial score (nSPS) is 11.2. The third kappa shape index (κ3) is 23.8. The van der Waals surface area contributed by atoms with Crippen molar-refractivity contribution in [2.75, 3.05) is 65.4 Å². The second-order valence-corrected chi connectivity index (χ2v) is 9.59. The van der Waals surface area contributed by atoms with Gasteiger partial charge in [0.15, 0.2) is 0 Å². The molecular formula is C25H44N4O11. The molecule has 0 aliphatic heterocycles. The maximum Gasteiger partial charge on any atom is 0.317 e. The van der Waals surface area contributed by atoms with Crippen LogP contribution in [0.1, 0.15) is 57.8 Å². The SMILES string of the molecule is O=C(O)CCCCCCCCCCNC(=O)CN(CCN(CCN(CC(=O)O)CC(=O)O)CC(=O)O)CC(=O)O. The highest BCUT2D eigenvalue weighted by Gasteiger charge is 2.19. The Labute approximate surface area is 233 Å². The van der Waals surface area contributed by atoms with Gasteiger partial charge in [0.05, 0.1) is 32.7 Å². The molecule has 15 heteroatoms. The Morgan fingerprint density at radius 1 is 0.425 bits per heavy atom. The molecule has 0 rings (SSSR count). The van der Waals surface area contributed by atoms with E-state index in [0.717, 1.165) is 49.8 Å². The van der Waals surface area contributed by atoms with Crippen LogP contribution in [0.2, 0.25) is 0 Å². The highest BCUT2D eigenvalue weighted by Crippen LogP contribution is 2.09. The molecule has 15 nitrogen and oxygen atoms in total. The molecule has 0 spiro atoms. The summed E-state index contributed by atoms with van der Waals surface area (Å²) >= 11 is 0. The highest BCUT2D eigenvalue weighted by molar-refractivity contribution is 5.79. The van der Waals surface area contributed by atoms with Crippen LogP contribution in [-0.4, -0.2) is 141 Å². The summed E-state index contributed by atoms with van der Waals surface area (Å²) in [4.78, 5) is 71.3. The van der Waals surface area contributed by atoms with Crippen molar-refractivity contribution in [2.24, 2.45) is 0 Å². The van der Waals surface area contributed by atoms with Gasteiger partial charge in [-0.1, -0.05) is 38.5 Å². The number of unbranched alkanes of at least 4 members (excludes halogenated alkanes) is 7. The van der Waals surface area contributed by atoms with Crippen LogP contribution in [0.15, 0.2) is 0 Å². The Morgan fingerprint density at radius 2 is 0.775 bits per heavy atom. The van der Waals surface area contributed by atoms with Crippen LogP contribution in [-0.2, 0) is 28.8 Å². The minimum Gasteiger partial charge on any atom is -0.481 e. The molecule has 40 heavy (non-hydrogen) atoms. The lowest BCUT2D eigenvalue weighted by atomic mass is 10.1. The van der Waals surface area contributed by atoms with Crippen molar-refractivity contribution in [3.63, 3.8) is 0 Å². The van der Waals surface area contributed by atoms with E-state index >= 15 is 0 Å². The third-order valence-electron chi connectivity index (χ3n) is 5.91. The molecule has 0 radical (unpaired) electrons. The predicted molar refractivity (Wildman–Crippen MR) is 142 cm³/mol. The molecule has 0 aromatic rings. The van der Waals surface area contributed by atoms with Crippen LogP contribution in [0.3, 0.4) is 0 Å². The van der Waals surface area contributed by atoms with Gasteiger partial charge in [0.1, 0.15) is 0 Å². The van der Waals surface area contributed by atoms with Crippen LogP contribution < -0.4 is 5.32 Å². The van der Waals surface area contributed by atoms with Crippen LogP contribution in [0.5, 0.6) is 0 Å². The van der Waals surface area contributed by atoms with Crippen molar-refractivity contribution in [2.45, 2.75) is 57.8 Å². The molecule has 0 aliphatic rings. The Hall–Kier alpha value is -3.30. The molecule has 0 saturated heterocycles. The van der Waals surface area contributed by atoms with E-state index in [9.17, 15) is 39.0 Å². The van der Waals surface area contributed by atoms with Crippen LogP contribution in [0.25, 0.3) is 0 Å². The smallest absolute Gasteiger partial charge is 0.317 e. The number of hydrogen-bond acceptors (Lipinski definition) is 9. The van der Waals surface area contributed by atoms with Gasteiger partial charge in [-0.2, -0.15) is 0 Å². The zero-order chi connectivity index (χ0) is 30.3. The van der Waals surface area contributed by atoms with Crippen LogP contribution in [0.4, 0.5) is 0 Å². The molecule has 0 aromatic carbocycles.